The third-order valence-electron chi connectivity index (χ3n) is 4.07. The number of thiazole rings is 1. The van der Waals surface area contributed by atoms with Crippen molar-refractivity contribution in [2.75, 3.05) is 6.54 Å². The van der Waals surface area contributed by atoms with Gasteiger partial charge in [-0.05, 0) is 61.7 Å². The van der Waals surface area contributed by atoms with Crippen molar-refractivity contribution >= 4 is 44.9 Å². The quantitative estimate of drug-likeness (QED) is 0.743. The molecule has 0 bridgehead atoms. The highest BCUT2D eigenvalue weighted by Gasteiger charge is 2.34. The zero-order chi connectivity index (χ0) is 17.3. The first-order chi connectivity index (χ1) is 11.5. The van der Waals surface area contributed by atoms with Gasteiger partial charge in [0.1, 0.15) is 0 Å². The van der Waals surface area contributed by atoms with Crippen LogP contribution in [0, 0.1) is 13.8 Å². The van der Waals surface area contributed by atoms with Gasteiger partial charge in [-0.15, -0.1) is 11.3 Å². The van der Waals surface area contributed by atoms with E-state index in [1.54, 1.807) is 11.1 Å². The molecule has 0 saturated carbocycles. The predicted molar refractivity (Wildman–Crippen MR) is 103 cm³/mol. The molecule has 24 heavy (non-hydrogen) atoms. The number of amidine groups is 1. The van der Waals surface area contributed by atoms with Crippen molar-refractivity contribution in [3.05, 3.63) is 51.4 Å². The summed E-state index contributed by atoms with van der Waals surface area (Å²) in [6, 6.07) is 6.31. The monoisotopic (exact) mass is 357 g/mol. The lowest BCUT2D eigenvalue weighted by Gasteiger charge is -2.11. The Morgan fingerprint density at radius 1 is 1.29 bits per heavy atom. The molecular weight excluding hydrogens is 338 g/mol. The largest absolute Gasteiger partial charge is 0.287 e. The number of amides is 1. The molecule has 1 aliphatic rings. The number of thioether (sulfide) groups is 1. The second-order valence-electron chi connectivity index (χ2n) is 5.61. The maximum absolute atomic E-state index is 12.8. The van der Waals surface area contributed by atoms with Crippen LogP contribution in [-0.2, 0) is 4.79 Å². The second kappa shape index (κ2) is 6.91. The summed E-state index contributed by atoms with van der Waals surface area (Å²) in [4.78, 5) is 24.0. The van der Waals surface area contributed by atoms with Crippen molar-refractivity contribution in [3.8, 4) is 0 Å². The normalized spacial score (nSPS) is 18.6. The highest BCUT2D eigenvalue weighted by molar-refractivity contribution is 8.18. The van der Waals surface area contributed by atoms with E-state index in [-0.39, 0.29) is 5.91 Å². The number of benzene rings is 1. The van der Waals surface area contributed by atoms with Gasteiger partial charge in [0.05, 0.1) is 4.91 Å². The van der Waals surface area contributed by atoms with Gasteiger partial charge in [-0.3, -0.25) is 9.69 Å². The minimum Gasteiger partial charge on any atom is -0.287 e. The average molecular weight is 358 g/mol. The molecule has 1 aromatic heterocycles. The molecule has 2 aromatic rings. The zero-order valence-corrected chi connectivity index (χ0v) is 15.8. The number of carbonyl (C=O) groups excluding carboxylic acids is 1. The maximum atomic E-state index is 12.8. The fourth-order valence-electron chi connectivity index (χ4n) is 2.46. The standard InChI is InChI=1S/C18H19N3OS2/c1-5-21-16(22)15(24-18(21)20-17-19-8-9-23-17)13(4)14-7-6-11(2)12(3)10-14/h6-10H,5H2,1-4H3/b15-13-,20-18+. The molecule has 1 saturated heterocycles. The molecule has 1 aliphatic heterocycles. The van der Waals surface area contributed by atoms with Crippen LogP contribution in [-0.4, -0.2) is 27.5 Å². The molecule has 3 rings (SSSR count). The van der Waals surface area contributed by atoms with Gasteiger partial charge in [-0.2, -0.15) is 4.99 Å². The first-order valence-corrected chi connectivity index (χ1v) is 9.47. The molecule has 1 fully saturated rings. The summed E-state index contributed by atoms with van der Waals surface area (Å²) in [6.45, 7) is 8.75. The SMILES string of the molecule is CCN1C(=O)/C(=C(\C)c2ccc(C)c(C)c2)S/C1=N/c1nccs1. The highest BCUT2D eigenvalue weighted by Crippen LogP contribution is 2.38. The van der Waals surface area contributed by atoms with E-state index in [2.05, 4.69) is 42.0 Å². The second-order valence-corrected chi connectivity index (χ2v) is 7.46. The van der Waals surface area contributed by atoms with Gasteiger partial charge >= 0.3 is 0 Å². The summed E-state index contributed by atoms with van der Waals surface area (Å²) >= 11 is 2.90. The Morgan fingerprint density at radius 2 is 2.08 bits per heavy atom. The van der Waals surface area contributed by atoms with E-state index in [1.165, 1.54) is 34.2 Å². The van der Waals surface area contributed by atoms with Gasteiger partial charge < -0.3 is 0 Å². The fraction of sp³-hybridized carbons (Fsp3) is 0.278. The van der Waals surface area contributed by atoms with E-state index < -0.39 is 0 Å². The number of aryl methyl sites for hydroxylation is 2. The molecule has 0 aliphatic carbocycles. The Bertz CT molecular complexity index is 838. The Labute approximate surface area is 150 Å². The van der Waals surface area contributed by atoms with Crippen LogP contribution >= 0.6 is 23.1 Å². The summed E-state index contributed by atoms with van der Waals surface area (Å²) < 4.78 is 0. The Morgan fingerprint density at radius 3 is 2.71 bits per heavy atom. The van der Waals surface area contributed by atoms with Crippen LogP contribution in [0.15, 0.2) is 39.7 Å². The lowest BCUT2D eigenvalue weighted by atomic mass is 10.0. The minimum atomic E-state index is 0.0218. The minimum absolute atomic E-state index is 0.0218. The van der Waals surface area contributed by atoms with Crippen molar-refractivity contribution < 1.29 is 4.79 Å². The molecule has 4 nitrogen and oxygen atoms in total. The van der Waals surface area contributed by atoms with Gasteiger partial charge in [0.15, 0.2) is 5.17 Å². The van der Waals surface area contributed by atoms with Gasteiger partial charge in [-0.25, -0.2) is 4.98 Å². The highest BCUT2D eigenvalue weighted by atomic mass is 32.2. The number of hydrogen-bond acceptors (Lipinski definition) is 5. The predicted octanol–water partition coefficient (Wildman–Crippen LogP) is 4.77. The molecule has 0 radical (unpaired) electrons. The van der Waals surface area contributed by atoms with Crippen molar-refractivity contribution in [2.24, 2.45) is 4.99 Å². The summed E-state index contributed by atoms with van der Waals surface area (Å²) in [6.07, 6.45) is 1.72. The molecule has 0 spiro atoms. The summed E-state index contributed by atoms with van der Waals surface area (Å²) in [5.41, 5.74) is 4.56. The van der Waals surface area contributed by atoms with E-state index in [1.807, 2.05) is 19.2 Å². The van der Waals surface area contributed by atoms with Gasteiger partial charge in [0, 0.05) is 18.1 Å². The van der Waals surface area contributed by atoms with Crippen LogP contribution in [0.25, 0.3) is 5.57 Å². The Kier molecular flexibility index (Phi) is 4.87. The topological polar surface area (TPSA) is 45.6 Å². The molecule has 2 heterocycles. The zero-order valence-electron chi connectivity index (χ0n) is 14.2. The molecule has 0 N–H and O–H groups in total. The van der Waals surface area contributed by atoms with Gasteiger partial charge in [-0.1, -0.05) is 18.2 Å². The molecule has 0 atom stereocenters. The number of aromatic nitrogens is 1. The smallest absolute Gasteiger partial charge is 0.267 e. The first-order valence-electron chi connectivity index (χ1n) is 7.77. The Hall–Kier alpha value is -1.92. The van der Waals surface area contributed by atoms with Crippen molar-refractivity contribution in [3.63, 3.8) is 0 Å². The van der Waals surface area contributed by atoms with Crippen LogP contribution < -0.4 is 0 Å². The van der Waals surface area contributed by atoms with Crippen LogP contribution in [0.1, 0.15) is 30.5 Å². The number of likely N-dealkylation sites (N-methyl/N-ethyl adjacent to an activating group) is 1. The van der Waals surface area contributed by atoms with Crippen LogP contribution in [0.2, 0.25) is 0 Å². The number of allylic oxidation sites excluding steroid dienone is 1. The van der Waals surface area contributed by atoms with Gasteiger partial charge in [0.2, 0.25) is 5.13 Å². The van der Waals surface area contributed by atoms with E-state index in [0.717, 1.165) is 16.0 Å². The first kappa shape index (κ1) is 16.9. The fourth-order valence-corrected chi connectivity index (χ4v) is 4.12. The van der Waals surface area contributed by atoms with Crippen molar-refractivity contribution in [2.45, 2.75) is 27.7 Å². The van der Waals surface area contributed by atoms with E-state index in [4.69, 9.17) is 0 Å². The summed E-state index contributed by atoms with van der Waals surface area (Å²) in [7, 11) is 0. The van der Waals surface area contributed by atoms with Gasteiger partial charge in [0.25, 0.3) is 5.91 Å². The van der Waals surface area contributed by atoms with Crippen molar-refractivity contribution in [1.82, 2.24) is 9.88 Å². The number of hydrogen-bond donors (Lipinski definition) is 0. The number of nitrogens with zero attached hydrogens (tertiary/aromatic N) is 3. The third-order valence-corrected chi connectivity index (χ3v) is 5.92. The summed E-state index contributed by atoms with van der Waals surface area (Å²) in [5, 5.41) is 3.26. The van der Waals surface area contributed by atoms with E-state index in [0.29, 0.717) is 16.8 Å². The summed E-state index contributed by atoms with van der Waals surface area (Å²) in [5.74, 6) is 0.0218. The van der Waals surface area contributed by atoms with E-state index in [9.17, 15) is 4.79 Å². The number of aliphatic imine (C=N–C) groups is 1. The molecular formula is C18H19N3OS2. The maximum Gasteiger partial charge on any atom is 0.267 e. The van der Waals surface area contributed by atoms with Crippen molar-refractivity contribution in [1.29, 1.82) is 0 Å². The lowest BCUT2D eigenvalue weighted by molar-refractivity contribution is -0.122. The molecule has 0 unspecified atom stereocenters. The molecule has 6 heteroatoms. The molecule has 1 amide bonds. The van der Waals surface area contributed by atoms with Crippen LogP contribution in [0.4, 0.5) is 5.13 Å². The lowest BCUT2D eigenvalue weighted by Crippen LogP contribution is -2.28. The molecule has 1 aromatic carbocycles. The van der Waals surface area contributed by atoms with Crippen LogP contribution in [0.3, 0.4) is 0 Å². The number of carbonyl (C=O) groups is 1. The average Bonchev–Trinajstić information content (AvgIpc) is 3.17. The Balaban J connectivity index is 2.01. The van der Waals surface area contributed by atoms with E-state index >= 15 is 0 Å². The third kappa shape index (κ3) is 3.16. The van der Waals surface area contributed by atoms with Crippen LogP contribution in [0.5, 0.6) is 0 Å². The number of rotatable bonds is 3. The molecule has 124 valence electrons.